The second-order valence-electron chi connectivity index (χ2n) is 13.0. The number of nitrogens with zero attached hydrogens (tertiary/aromatic N) is 3. The number of carbonyl (C=O) groups excluding carboxylic acids is 3. The third kappa shape index (κ3) is 5.77. The first kappa shape index (κ1) is 34.5. The number of aliphatic hydroxyl groups excluding tert-OH is 1. The van der Waals surface area contributed by atoms with Crippen LogP contribution in [-0.2, 0) is 20.9 Å². The van der Waals surface area contributed by atoms with Crippen molar-refractivity contribution in [1.82, 2.24) is 9.80 Å². The highest BCUT2D eigenvalue weighted by atomic mass is 79.9. The van der Waals surface area contributed by atoms with Crippen molar-refractivity contribution in [3.05, 3.63) is 90.5 Å². The van der Waals surface area contributed by atoms with Crippen LogP contribution in [0, 0.1) is 31.6 Å². The summed E-state index contributed by atoms with van der Waals surface area (Å²) < 4.78 is -0.836. The quantitative estimate of drug-likeness (QED) is 0.207. The van der Waals surface area contributed by atoms with E-state index in [1.807, 2.05) is 76.2 Å². The second-order valence-corrected chi connectivity index (χ2v) is 15.7. The molecule has 3 heterocycles. The lowest BCUT2D eigenvalue weighted by atomic mass is 9.70. The summed E-state index contributed by atoms with van der Waals surface area (Å²) in [7, 11) is 0. The van der Waals surface area contributed by atoms with E-state index in [0.29, 0.717) is 19.5 Å². The van der Waals surface area contributed by atoms with Crippen molar-refractivity contribution in [2.75, 3.05) is 24.6 Å². The van der Waals surface area contributed by atoms with E-state index in [1.54, 1.807) is 38.6 Å². The monoisotopic (exact) mass is 707 g/mol. The number of rotatable bonds is 13. The van der Waals surface area contributed by atoms with Gasteiger partial charge in [-0.25, -0.2) is 0 Å². The number of hydrogen-bond acceptors (Lipinski definition) is 5. The van der Waals surface area contributed by atoms with E-state index in [2.05, 4.69) is 29.1 Å². The molecule has 1 spiro atoms. The maximum Gasteiger partial charge on any atom is 0.251 e. The summed E-state index contributed by atoms with van der Waals surface area (Å²) in [6.45, 7) is 16.7. The average Bonchev–Trinajstić information content (AvgIpc) is 3.63. The Morgan fingerprint density at radius 3 is 2.33 bits per heavy atom. The predicted molar refractivity (Wildman–Crippen MR) is 190 cm³/mol. The van der Waals surface area contributed by atoms with E-state index in [-0.39, 0.29) is 46.9 Å². The number of aliphatic hydroxyl groups is 1. The van der Waals surface area contributed by atoms with Gasteiger partial charge in [-0.1, -0.05) is 96.9 Å². The molecule has 1 N–H and O–H groups in total. The molecule has 246 valence electrons. The fourth-order valence-electron chi connectivity index (χ4n) is 8.00. The van der Waals surface area contributed by atoms with Crippen LogP contribution in [0.1, 0.15) is 43.4 Å². The fraction of sp³-hybridized carbons (Fsp3) is 0.486. The van der Waals surface area contributed by atoms with Crippen molar-refractivity contribution < 1.29 is 19.5 Å². The Balaban J connectivity index is 1.63. The number of benzene rings is 2. The summed E-state index contributed by atoms with van der Waals surface area (Å²) in [5.74, 6) is -1.86. The van der Waals surface area contributed by atoms with Gasteiger partial charge in [0.15, 0.2) is 0 Å². The molecule has 2 bridgehead atoms. The first-order valence-corrected chi connectivity index (χ1v) is 18.0. The topological polar surface area (TPSA) is 81.2 Å². The van der Waals surface area contributed by atoms with Crippen molar-refractivity contribution in [1.29, 1.82) is 0 Å². The van der Waals surface area contributed by atoms with Gasteiger partial charge >= 0.3 is 0 Å². The van der Waals surface area contributed by atoms with Gasteiger partial charge in [0.2, 0.25) is 11.8 Å². The zero-order chi connectivity index (χ0) is 33.3. The minimum Gasteiger partial charge on any atom is -0.394 e. The molecule has 3 aliphatic rings. The molecule has 0 aromatic heterocycles. The van der Waals surface area contributed by atoms with Crippen molar-refractivity contribution >= 4 is 51.1 Å². The molecule has 3 fully saturated rings. The average molecular weight is 709 g/mol. The third-order valence-corrected chi connectivity index (χ3v) is 13.5. The molecule has 0 saturated carbocycles. The summed E-state index contributed by atoms with van der Waals surface area (Å²) in [6.07, 6.45) is 4.74. The molecule has 2 aromatic carbocycles. The van der Waals surface area contributed by atoms with Crippen molar-refractivity contribution in [2.24, 2.45) is 17.8 Å². The molecule has 3 unspecified atom stereocenters. The van der Waals surface area contributed by atoms with E-state index in [4.69, 9.17) is 0 Å². The van der Waals surface area contributed by atoms with Crippen LogP contribution < -0.4 is 4.90 Å². The molecule has 7 nitrogen and oxygen atoms in total. The van der Waals surface area contributed by atoms with Crippen LogP contribution in [0.2, 0.25) is 0 Å². The highest BCUT2D eigenvalue weighted by Crippen LogP contribution is 2.68. The Hall–Kier alpha value is -2.88. The van der Waals surface area contributed by atoms with Crippen LogP contribution in [0.15, 0.2) is 73.8 Å². The lowest BCUT2D eigenvalue weighted by Gasteiger charge is -2.41. The van der Waals surface area contributed by atoms with E-state index < -0.39 is 28.7 Å². The number of carbonyl (C=O) groups is 3. The fourth-order valence-corrected chi connectivity index (χ4v) is 11.6. The maximum atomic E-state index is 15.2. The van der Waals surface area contributed by atoms with E-state index in [9.17, 15) is 14.7 Å². The maximum absolute atomic E-state index is 15.2. The molecule has 0 radical (unpaired) electrons. The van der Waals surface area contributed by atoms with E-state index >= 15 is 4.79 Å². The van der Waals surface area contributed by atoms with Gasteiger partial charge in [0.1, 0.15) is 6.04 Å². The summed E-state index contributed by atoms with van der Waals surface area (Å²) in [5.41, 5.74) is 3.72. The number of alkyl halides is 1. The highest BCUT2D eigenvalue weighted by molar-refractivity contribution is 9.09. The van der Waals surface area contributed by atoms with Gasteiger partial charge in [-0.3, -0.25) is 14.4 Å². The number of fused-ring (bicyclic) bond motifs is 1. The lowest BCUT2D eigenvalue weighted by molar-refractivity contribution is -0.146. The number of thioether (sulfide) groups is 1. The van der Waals surface area contributed by atoms with Crippen molar-refractivity contribution in [2.45, 2.75) is 74.0 Å². The van der Waals surface area contributed by atoms with Crippen LogP contribution in [-0.4, -0.2) is 79.2 Å². The number of aryl methyl sites for hydroxylation is 2. The minimum atomic E-state index is -0.857. The molecule has 3 aliphatic heterocycles. The van der Waals surface area contributed by atoms with Crippen LogP contribution in [0.5, 0.6) is 0 Å². The van der Waals surface area contributed by atoms with Crippen LogP contribution in [0.4, 0.5) is 5.69 Å². The standard InChI is InChI=1S/C37H46BrN3O4S/c1-7-18-39(21-26-16-11-10-12-17-26)34(43)29-30-35(44)41(28(22-42)23(4)9-3)33(37(30)20-27(38)32(29)46-37)36(45)40(19-8-2)31-24(5)14-13-15-25(31)6/h7-8,10-17,23,27-30,32-33,42H,1-2,9,18-22H2,3-6H3/t23-,27?,28-,29+,30-,32+,33?,37?/m0/s1. The van der Waals surface area contributed by atoms with Gasteiger partial charge in [-0.15, -0.1) is 24.9 Å². The second kappa shape index (κ2) is 14.1. The van der Waals surface area contributed by atoms with Crippen molar-refractivity contribution in [3.63, 3.8) is 0 Å². The molecular weight excluding hydrogens is 662 g/mol. The van der Waals surface area contributed by atoms with E-state index in [1.165, 1.54) is 0 Å². The van der Waals surface area contributed by atoms with Gasteiger partial charge in [-0.05, 0) is 42.9 Å². The minimum absolute atomic E-state index is 0.0565. The number of hydrogen-bond donors (Lipinski definition) is 1. The molecule has 9 heteroatoms. The van der Waals surface area contributed by atoms with Crippen LogP contribution in [0.3, 0.4) is 0 Å². The summed E-state index contributed by atoms with van der Waals surface area (Å²) >= 11 is 5.54. The summed E-state index contributed by atoms with van der Waals surface area (Å²) in [5, 5.41) is 10.6. The number of likely N-dealkylation sites (tertiary alicyclic amines) is 1. The zero-order valence-corrected chi connectivity index (χ0v) is 29.7. The smallest absolute Gasteiger partial charge is 0.251 e. The van der Waals surface area contributed by atoms with Gasteiger partial charge < -0.3 is 19.8 Å². The van der Waals surface area contributed by atoms with E-state index in [0.717, 1.165) is 28.8 Å². The van der Waals surface area contributed by atoms with Gasteiger partial charge in [0, 0.05) is 35.4 Å². The van der Waals surface area contributed by atoms with Gasteiger partial charge in [-0.2, -0.15) is 0 Å². The Labute approximate surface area is 286 Å². The predicted octanol–water partition coefficient (Wildman–Crippen LogP) is 5.91. The third-order valence-electron chi connectivity index (χ3n) is 10.3. The lowest BCUT2D eigenvalue weighted by Crippen LogP contribution is -2.59. The van der Waals surface area contributed by atoms with Crippen molar-refractivity contribution in [3.8, 4) is 0 Å². The first-order chi connectivity index (χ1) is 22.1. The highest BCUT2D eigenvalue weighted by Gasteiger charge is 2.76. The molecule has 5 rings (SSSR count). The Morgan fingerprint density at radius 1 is 1.09 bits per heavy atom. The summed E-state index contributed by atoms with van der Waals surface area (Å²) in [4.78, 5) is 49.9. The Kier molecular flexibility index (Phi) is 10.5. The molecule has 3 saturated heterocycles. The first-order valence-electron chi connectivity index (χ1n) is 16.2. The molecule has 2 aromatic rings. The molecule has 46 heavy (non-hydrogen) atoms. The number of anilines is 1. The SMILES string of the molecule is C=CCN(Cc1ccccc1)C(=O)[C@H]1[C@@H]2SC3(CC2Br)C(C(=O)N(CC=C)c2c(C)cccc2C)N([C@@H](CO)[C@@H](C)CC)C(=O)[C@H]13. The van der Waals surface area contributed by atoms with Crippen LogP contribution >= 0.6 is 27.7 Å². The molecule has 8 atom stereocenters. The van der Waals surface area contributed by atoms with Gasteiger partial charge in [0.25, 0.3) is 5.91 Å². The van der Waals surface area contributed by atoms with Crippen LogP contribution in [0.25, 0.3) is 0 Å². The molecule has 3 amide bonds. The molecule has 0 aliphatic carbocycles. The number of amides is 3. The van der Waals surface area contributed by atoms with Gasteiger partial charge in [0.05, 0.1) is 29.2 Å². The Bertz CT molecular complexity index is 1470. The number of halogens is 1. The number of para-hydroxylation sites is 1. The zero-order valence-electron chi connectivity index (χ0n) is 27.3. The normalized spacial score (nSPS) is 27.7. The Morgan fingerprint density at radius 2 is 1.74 bits per heavy atom. The largest absolute Gasteiger partial charge is 0.394 e. The summed E-state index contributed by atoms with van der Waals surface area (Å²) in [6, 6.07) is 14.4. The molecular formula is C37H46BrN3O4S.